The van der Waals surface area contributed by atoms with Crippen molar-refractivity contribution in [1.29, 1.82) is 0 Å². The molecule has 2 aliphatic carbocycles. The molecule has 21 heavy (non-hydrogen) atoms. The molecule has 1 N–H and O–H groups in total. The maximum atomic E-state index is 10.5. The van der Waals surface area contributed by atoms with Crippen LogP contribution in [0.2, 0.25) is 0 Å². The van der Waals surface area contributed by atoms with Gasteiger partial charge in [-0.25, -0.2) is 0 Å². The van der Waals surface area contributed by atoms with Gasteiger partial charge in [0.1, 0.15) is 0 Å². The first-order chi connectivity index (χ1) is 10.3. The van der Waals surface area contributed by atoms with E-state index < -0.39 is 0 Å². The summed E-state index contributed by atoms with van der Waals surface area (Å²) in [7, 11) is 1.76. The van der Waals surface area contributed by atoms with Gasteiger partial charge in [-0.05, 0) is 43.6 Å². The summed E-state index contributed by atoms with van der Waals surface area (Å²) in [6.07, 6.45) is 5.48. The molecule has 3 rings (SSSR count). The quantitative estimate of drug-likeness (QED) is 0.874. The first-order valence-corrected chi connectivity index (χ1v) is 8.27. The normalized spacial score (nSPS) is 29.8. The molecule has 0 radical (unpaired) electrons. The van der Waals surface area contributed by atoms with Crippen molar-refractivity contribution in [1.82, 2.24) is 4.90 Å². The summed E-state index contributed by atoms with van der Waals surface area (Å²) in [5.74, 6) is 0.586. The van der Waals surface area contributed by atoms with Gasteiger partial charge < -0.3 is 9.84 Å². The average molecular weight is 289 g/mol. The third-order valence-electron chi connectivity index (χ3n) is 5.05. The van der Waals surface area contributed by atoms with Crippen molar-refractivity contribution in [3.8, 4) is 0 Å². The Hall–Kier alpha value is -0.900. The monoisotopic (exact) mass is 289 g/mol. The Labute approximate surface area is 127 Å². The molecule has 0 bridgehead atoms. The molecule has 1 aromatic carbocycles. The van der Waals surface area contributed by atoms with E-state index in [9.17, 15) is 5.11 Å². The molecule has 0 amide bonds. The van der Waals surface area contributed by atoms with Crippen LogP contribution in [-0.4, -0.2) is 48.5 Å². The summed E-state index contributed by atoms with van der Waals surface area (Å²) in [4.78, 5) is 2.52. The zero-order valence-electron chi connectivity index (χ0n) is 12.9. The van der Waals surface area contributed by atoms with E-state index in [-0.39, 0.29) is 6.10 Å². The lowest BCUT2D eigenvalue weighted by atomic mass is 9.79. The van der Waals surface area contributed by atoms with Crippen molar-refractivity contribution < 1.29 is 9.84 Å². The summed E-state index contributed by atoms with van der Waals surface area (Å²) >= 11 is 0. The number of ether oxygens (including phenoxy) is 1. The highest BCUT2D eigenvalue weighted by molar-refractivity contribution is 5.21. The van der Waals surface area contributed by atoms with Crippen molar-refractivity contribution >= 4 is 0 Å². The molecule has 3 unspecified atom stereocenters. The molecule has 0 heterocycles. The van der Waals surface area contributed by atoms with Gasteiger partial charge in [-0.1, -0.05) is 30.3 Å². The highest BCUT2D eigenvalue weighted by Crippen LogP contribution is 2.39. The number of hydrogen-bond donors (Lipinski definition) is 1. The van der Waals surface area contributed by atoms with E-state index in [1.54, 1.807) is 7.11 Å². The Morgan fingerprint density at radius 2 is 1.90 bits per heavy atom. The number of aliphatic hydroxyl groups is 1. The number of aliphatic hydroxyl groups excluding tert-OH is 1. The van der Waals surface area contributed by atoms with Gasteiger partial charge in [-0.2, -0.15) is 0 Å². The average Bonchev–Trinajstić information content (AvgIpc) is 3.35. The first-order valence-electron chi connectivity index (χ1n) is 8.27. The molecular formula is C18H27NO2. The minimum atomic E-state index is -0.178. The molecule has 0 aromatic heterocycles. The molecule has 116 valence electrons. The predicted molar refractivity (Wildman–Crippen MR) is 84.4 cm³/mol. The molecular weight excluding hydrogens is 262 g/mol. The predicted octanol–water partition coefficient (Wildman–Crippen LogP) is 2.79. The van der Waals surface area contributed by atoms with Crippen molar-refractivity contribution in [3.05, 3.63) is 35.9 Å². The zero-order valence-corrected chi connectivity index (χ0v) is 12.9. The highest BCUT2D eigenvalue weighted by atomic mass is 16.5. The lowest BCUT2D eigenvalue weighted by molar-refractivity contribution is -0.000856. The molecule has 0 spiro atoms. The SMILES string of the molecule is COCCN(C1CC1)C1CC(c2ccccc2)CCC1O. The standard InChI is InChI=1S/C18H27NO2/c1-21-12-11-19(16-8-9-16)17-13-15(7-10-18(17)20)14-5-3-2-4-6-14/h2-6,15-18,20H,7-13H2,1H3. The lowest BCUT2D eigenvalue weighted by Crippen LogP contribution is -2.49. The summed E-state index contributed by atoms with van der Waals surface area (Å²) in [5.41, 5.74) is 1.43. The molecule has 1 aromatic rings. The molecule has 0 aliphatic heterocycles. The Morgan fingerprint density at radius 1 is 1.14 bits per heavy atom. The van der Waals surface area contributed by atoms with Crippen LogP contribution in [-0.2, 0) is 4.74 Å². The Bertz CT molecular complexity index is 432. The highest BCUT2D eigenvalue weighted by Gasteiger charge is 2.40. The fourth-order valence-electron chi connectivity index (χ4n) is 3.74. The Balaban J connectivity index is 1.70. The van der Waals surface area contributed by atoms with Gasteiger partial charge in [-0.3, -0.25) is 4.90 Å². The summed E-state index contributed by atoms with van der Waals surface area (Å²) in [6.45, 7) is 1.71. The van der Waals surface area contributed by atoms with Gasteiger partial charge in [0.05, 0.1) is 12.7 Å². The van der Waals surface area contributed by atoms with E-state index >= 15 is 0 Å². The summed E-state index contributed by atoms with van der Waals surface area (Å²) in [6, 6.07) is 11.8. The van der Waals surface area contributed by atoms with Crippen molar-refractivity contribution in [3.63, 3.8) is 0 Å². The van der Waals surface area contributed by atoms with E-state index in [2.05, 4.69) is 35.2 Å². The number of rotatable bonds is 6. The molecule has 0 saturated heterocycles. The van der Waals surface area contributed by atoms with Gasteiger partial charge in [0.15, 0.2) is 0 Å². The van der Waals surface area contributed by atoms with Crippen LogP contribution in [0.3, 0.4) is 0 Å². The van der Waals surface area contributed by atoms with Gasteiger partial charge >= 0.3 is 0 Å². The number of benzene rings is 1. The lowest BCUT2D eigenvalue weighted by Gasteiger charge is -2.41. The van der Waals surface area contributed by atoms with Gasteiger partial charge in [0.25, 0.3) is 0 Å². The Kier molecular flexibility index (Phi) is 4.94. The summed E-state index contributed by atoms with van der Waals surface area (Å²) in [5, 5.41) is 10.5. The van der Waals surface area contributed by atoms with Crippen LogP contribution >= 0.6 is 0 Å². The van der Waals surface area contributed by atoms with Crippen LogP contribution in [0.1, 0.15) is 43.6 Å². The molecule has 3 heteroatoms. The zero-order chi connectivity index (χ0) is 14.7. The van der Waals surface area contributed by atoms with E-state index in [4.69, 9.17) is 4.74 Å². The minimum Gasteiger partial charge on any atom is -0.391 e. The maximum absolute atomic E-state index is 10.5. The third kappa shape index (κ3) is 3.65. The first kappa shape index (κ1) is 15.0. The molecule has 3 nitrogen and oxygen atoms in total. The van der Waals surface area contributed by atoms with E-state index in [1.807, 2.05) is 0 Å². The van der Waals surface area contributed by atoms with E-state index in [0.717, 1.165) is 32.4 Å². The van der Waals surface area contributed by atoms with Crippen LogP contribution in [0.25, 0.3) is 0 Å². The number of hydrogen-bond acceptors (Lipinski definition) is 3. The number of nitrogens with zero attached hydrogens (tertiary/aromatic N) is 1. The minimum absolute atomic E-state index is 0.178. The molecule has 2 fully saturated rings. The summed E-state index contributed by atoms with van der Waals surface area (Å²) < 4.78 is 5.26. The fraction of sp³-hybridized carbons (Fsp3) is 0.667. The molecule has 2 aliphatic rings. The second-order valence-corrected chi connectivity index (χ2v) is 6.52. The second-order valence-electron chi connectivity index (χ2n) is 6.52. The topological polar surface area (TPSA) is 32.7 Å². The molecule has 2 saturated carbocycles. The van der Waals surface area contributed by atoms with E-state index in [0.29, 0.717) is 18.0 Å². The van der Waals surface area contributed by atoms with Gasteiger partial charge in [0, 0.05) is 25.7 Å². The van der Waals surface area contributed by atoms with Gasteiger partial charge in [-0.15, -0.1) is 0 Å². The van der Waals surface area contributed by atoms with Crippen LogP contribution in [0.15, 0.2) is 30.3 Å². The van der Waals surface area contributed by atoms with Crippen molar-refractivity contribution in [2.45, 2.75) is 56.2 Å². The second kappa shape index (κ2) is 6.91. The van der Waals surface area contributed by atoms with Crippen LogP contribution in [0.5, 0.6) is 0 Å². The van der Waals surface area contributed by atoms with Gasteiger partial charge in [0.2, 0.25) is 0 Å². The largest absolute Gasteiger partial charge is 0.391 e. The van der Waals surface area contributed by atoms with Crippen LogP contribution in [0.4, 0.5) is 0 Å². The smallest absolute Gasteiger partial charge is 0.0696 e. The van der Waals surface area contributed by atoms with Crippen molar-refractivity contribution in [2.24, 2.45) is 0 Å². The fourth-order valence-corrected chi connectivity index (χ4v) is 3.74. The Morgan fingerprint density at radius 3 is 2.57 bits per heavy atom. The van der Waals surface area contributed by atoms with E-state index in [1.165, 1.54) is 18.4 Å². The van der Waals surface area contributed by atoms with Crippen molar-refractivity contribution in [2.75, 3.05) is 20.3 Å². The van der Waals surface area contributed by atoms with Crippen LogP contribution in [0, 0.1) is 0 Å². The third-order valence-corrected chi connectivity index (χ3v) is 5.05. The number of methoxy groups -OCH3 is 1. The van der Waals surface area contributed by atoms with Crippen LogP contribution < -0.4 is 0 Å². The maximum Gasteiger partial charge on any atom is 0.0696 e. The molecule has 3 atom stereocenters.